The molecule has 2 aliphatic rings. The van der Waals surface area contributed by atoms with Gasteiger partial charge in [0, 0.05) is 38.3 Å². The van der Waals surface area contributed by atoms with Crippen molar-refractivity contribution in [2.24, 2.45) is 0 Å². The monoisotopic (exact) mass is 548 g/mol. The number of rotatable bonds is 5. The molecule has 10 heteroatoms. The maximum atomic E-state index is 13.4. The molecule has 0 N–H and O–H groups in total. The number of aryl methyl sites for hydroxylation is 1. The Morgan fingerprint density at radius 2 is 1.68 bits per heavy atom. The predicted molar refractivity (Wildman–Crippen MR) is 150 cm³/mol. The zero-order valence-corrected chi connectivity index (χ0v) is 22.7. The van der Waals surface area contributed by atoms with Gasteiger partial charge in [-0.1, -0.05) is 35.6 Å². The molecule has 0 aliphatic carbocycles. The van der Waals surface area contributed by atoms with Crippen LogP contribution in [0.25, 0.3) is 10.2 Å². The number of amides is 1. The first kappa shape index (κ1) is 24.7. The van der Waals surface area contributed by atoms with Crippen LogP contribution >= 0.6 is 11.3 Å². The fraction of sp³-hybridized carbons (Fsp3) is 0.286. The minimum absolute atomic E-state index is 0.0946. The van der Waals surface area contributed by atoms with Crippen molar-refractivity contribution in [1.29, 1.82) is 0 Å². The van der Waals surface area contributed by atoms with Crippen LogP contribution in [0, 0.1) is 0 Å². The van der Waals surface area contributed by atoms with Crippen molar-refractivity contribution in [3.8, 4) is 5.75 Å². The molecule has 196 valence electrons. The third kappa shape index (κ3) is 4.37. The van der Waals surface area contributed by atoms with E-state index < -0.39 is 10.0 Å². The SMILES string of the molecule is COc1cccc2sc(N3CCN(C(=O)c4ccc(S(=O)(=O)N5CCCc6ccccc65)cc4)CC3)nc12. The summed E-state index contributed by atoms with van der Waals surface area (Å²) in [6.07, 6.45) is 1.65. The lowest BCUT2D eigenvalue weighted by Gasteiger charge is -2.34. The van der Waals surface area contributed by atoms with Gasteiger partial charge in [-0.2, -0.15) is 0 Å². The Bertz CT molecular complexity index is 1590. The molecule has 0 saturated carbocycles. The van der Waals surface area contributed by atoms with E-state index in [1.165, 1.54) is 4.31 Å². The number of methoxy groups -OCH3 is 1. The van der Waals surface area contributed by atoms with Crippen molar-refractivity contribution in [1.82, 2.24) is 9.88 Å². The zero-order valence-electron chi connectivity index (χ0n) is 21.0. The molecule has 1 aromatic heterocycles. The quantitative estimate of drug-likeness (QED) is 0.368. The van der Waals surface area contributed by atoms with Gasteiger partial charge in [0.2, 0.25) is 0 Å². The Balaban J connectivity index is 1.14. The van der Waals surface area contributed by atoms with Gasteiger partial charge in [0.1, 0.15) is 11.3 Å². The summed E-state index contributed by atoms with van der Waals surface area (Å²) in [7, 11) is -2.06. The number of anilines is 2. The first-order valence-corrected chi connectivity index (χ1v) is 14.9. The smallest absolute Gasteiger partial charge is 0.264 e. The Morgan fingerprint density at radius 3 is 2.45 bits per heavy atom. The molecule has 0 unspecified atom stereocenters. The highest BCUT2D eigenvalue weighted by molar-refractivity contribution is 7.92. The summed E-state index contributed by atoms with van der Waals surface area (Å²) >= 11 is 1.62. The molecule has 0 spiro atoms. The fourth-order valence-corrected chi connectivity index (χ4v) is 7.72. The van der Waals surface area contributed by atoms with Crippen LogP contribution in [0.1, 0.15) is 22.3 Å². The minimum Gasteiger partial charge on any atom is -0.494 e. The third-order valence-electron chi connectivity index (χ3n) is 7.18. The summed E-state index contributed by atoms with van der Waals surface area (Å²) in [5.41, 5.74) is 3.12. The lowest BCUT2D eigenvalue weighted by Crippen LogP contribution is -2.48. The van der Waals surface area contributed by atoms with Crippen LogP contribution in [-0.4, -0.2) is 64.0 Å². The molecule has 8 nitrogen and oxygen atoms in total. The molecule has 38 heavy (non-hydrogen) atoms. The van der Waals surface area contributed by atoms with Crippen molar-refractivity contribution in [3.05, 3.63) is 77.9 Å². The molecule has 6 rings (SSSR count). The van der Waals surface area contributed by atoms with Gasteiger partial charge in [-0.05, 0) is 60.9 Å². The topological polar surface area (TPSA) is 83.0 Å². The van der Waals surface area contributed by atoms with E-state index in [1.807, 2.05) is 47.4 Å². The Labute approximate surface area is 226 Å². The molecule has 1 amide bonds. The lowest BCUT2D eigenvalue weighted by molar-refractivity contribution is 0.0746. The summed E-state index contributed by atoms with van der Waals surface area (Å²) in [6, 6.07) is 19.9. The summed E-state index contributed by atoms with van der Waals surface area (Å²) < 4.78 is 34.8. The number of carbonyl (C=O) groups excluding carboxylic acids is 1. The average Bonchev–Trinajstić information content (AvgIpc) is 3.41. The molecule has 0 atom stereocenters. The number of nitrogens with zero attached hydrogens (tertiary/aromatic N) is 4. The first-order valence-electron chi connectivity index (χ1n) is 12.6. The van der Waals surface area contributed by atoms with Crippen LogP contribution in [0.2, 0.25) is 0 Å². The minimum atomic E-state index is -3.71. The molecule has 1 fully saturated rings. The Hall–Kier alpha value is -3.63. The van der Waals surface area contributed by atoms with Crippen LogP contribution < -0.4 is 13.9 Å². The predicted octanol–water partition coefficient (Wildman–Crippen LogP) is 4.41. The molecule has 3 aromatic carbocycles. The second-order valence-corrected chi connectivity index (χ2v) is 12.3. The van der Waals surface area contributed by atoms with E-state index in [2.05, 4.69) is 4.90 Å². The van der Waals surface area contributed by atoms with Crippen molar-refractivity contribution in [2.45, 2.75) is 17.7 Å². The van der Waals surface area contributed by atoms with E-state index in [1.54, 1.807) is 42.7 Å². The number of aromatic nitrogens is 1. The van der Waals surface area contributed by atoms with Gasteiger partial charge in [0.15, 0.2) is 5.13 Å². The first-order chi connectivity index (χ1) is 18.5. The molecular formula is C28H28N4O4S2. The lowest BCUT2D eigenvalue weighted by atomic mass is 10.0. The van der Waals surface area contributed by atoms with Gasteiger partial charge >= 0.3 is 0 Å². The Kier molecular flexibility index (Phi) is 6.45. The number of fused-ring (bicyclic) bond motifs is 2. The summed E-state index contributed by atoms with van der Waals surface area (Å²) in [5, 5.41) is 0.922. The highest BCUT2D eigenvalue weighted by Crippen LogP contribution is 2.35. The van der Waals surface area contributed by atoms with Crippen LogP contribution in [0.4, 0.5) is 10.8 Å². The average molecular weight is 549 g/mol. The number of benzene rings is 3. The van der Waals surface area contributed by atoms with Crippen LogP contribution in [-0.2, 0) is 16.4 Å². The molecule has 2 aliphatic heterocycles. The zero-order chi connectivity index (χ0) is 26.3. The number of piperazine rings is 1. The number of para-hydroxylation sites is 2. The molecule has 0 bridgehead atoms. The number of ether oxygens (including phenoxy) is 1. The van der Waals surface area contributed by atoms with E-state index in [-0.39, 0.29) is 10.8 Å². The largest absolute Gasteiger partial charge is 0.494 e. The van der Waals surface area contributed by atoms with Gasteiger partial charge in [0.25, 0.3) is 15.9 Å². The third-order valence-corrected chi connectivity index (χ3v) is 10.1. The van der Waals surface area contributed by atoms with E-state index in [9.17, 15) is 13.2 Å². The van der Waals surface area contributed by atoms with E-state index in [0.29, 0.717) is 38.3 Å². The fourth-order valence-electron chi connectivity index (χ4n) is 5.14. The maximum absolute atomic E-state index is 13.4. The van der Waals surface area contributed by atoms with Gasteiger partial charge in [-0.3, -0.25) is 9.10 Å². The number of carbonyl (C=O) groups is 1. The highest BCUT2D eigenvalue weighted by Gasteiger charge is 2.30. The van der Waals surface area contributed by atoms with Gasteiger partial charge < -0.3 is 14.5 Å². The van der Waals surface area contributed by atoms with Gasteiger partial charge in [0.05, 0.1) is 22.4 Å². The van der Waals surface area contributed by atoms with Crippen LogP contribution in [0.3, 0.4) is 0 Å². The summed E-state index contributed by atoms with van der Waals surface area (Å²) in [4.78, 5) is 22.2. The van der Waals surface area contributed by atoms with Gasteiger partial charge in [-0.15, -0.1) is 0 Å². The van der Waals surface area contributed by atoms with E-state index in [0.717, 1.165) is 45.2 Å². The van der Waals surface area contributed by atoms with E-state index in [4.69, 9.17) is 9.72 Å². The highest BCUT2D eigenvalue weighted by atomic mass is 32.2. The maximum Gasteiger partial charge on any atom is 0.264 e. The van der Waals surface area contributed by atoms with Crippen molar-refractivity contribution < 1.29 is 17.9 Å². The number of thiazole rings is 1. The van der Waals surface area contributed by atoms with Crippen molar-refractivity contribution >= 4 is 48.3 Å². The molecular weight excluding hydrogens is 520 g/mol. The number of hydrogen-bond acceptors (Lipinski definition) is 7. The molecule has 3 heterocycles. The standard InChI is InChI=1S/C28H28N4O4S2/c1-36-24-9-4-10-25-26(24)29-28(37-25)31-18-16-30(17-19-31)27(33)21-11-13-22(14-12-21)38(34,35)32-15-5-7-20-6-2-3-8-23(20)32/h2-4,6,8-14H,5,7,15-19H2,1H3. The number of hydrogen-bond donors (Lipinski definition) is 0. The van der Waals surface area contributed by atoms with Crippen LogP contribution in [0.5, 0.6) is 5.75 Å². The second kappa shape index (κ2) is 9.92. The summed E-state index contributed by atoms with van der Waals surface area (Å²) in [6.45, 7) is 2.93. The van der Waals surface area contributed by atoms with Gasteiger partial charge in [-0.25, -0.2) is 13.4 Å². The molecule has 1 saturated heterocycles. The number of sulfonamides is 1. The molecule has 4 aromatic rings. The summed E-state index contributed by atoms with van der Waals surface area (Å²) in [5.74, 6) is 0.664. The normalized spacial score (nSPS) is 16.0. The van der Waals surface area contributed by atoms with E-state index >= 15 is 0 Å². The second-order valence-electron chi connectivity index (χ2n) is 9.42. The molecule has 0 radical (unpaired) electrons. The van der Waals surface area contributed by atoms with Crippen molar-refractivity contribution in [2.75, 3.05) is 49.0 Å². The Morgan fingerprint density at radius 1 is 0.921 bits per heavy atom. The van der Waals surface area contributed by atoms with Crippen molar-refractivity contribution in [3.63, 3.8) is 0 Å². The van der Waals surface area contributed by atoms with Crippen LogP contribution in [0.15, 0.2) is 71.6 Å².